The van der Waals surface area contributed by atoms with E-state index in [0.717, 1.165) is 31.7 Å². The molecule has 1 aliphatic heterocycles. The Bertz CT molecular complexity index is 526. The second kappa shape index (κ2) is 3.75. The van der Waals surface area contributed by atoms with Crippen molar-refractivity contribution in [2.24, 2.45) is 5.92 Å². The molecule has 0 radical (unpaired) electrons. The van der Waals surface area contributed by atoms with Gasteiger partial charge in [0.2, 0.25) is 0 Å². The van der Waals surface area contributed by atoms with Gasteiger partial charge in [0.15, 0.2) is 17.2 Å². The number of hydrogen-bond donors (Lipinski definition) is 2. The molecule has 0 spiro atoms. The summed E-state index contributed by atoms with van der Waals surface area (Å²) < 4.78 is 26.7. The number of carbonyl (C=O) groups excluding carboxylic acids is 1. The van der Waals surface area contributed by atoms with Crippen molar-refractivity contribution in [3.05, 3.63) is 29.3 Å². The van der Waals surface area contributed by atoms with E-state index >= 15 is 0 Å². The van der Waals surface area contributed by atoms with Crippen LogP contribution in [-0.2, 0) is 10.4 Å². The lowest BCUT2D eigenvalue weighted by molar-refractivity contribution is -0.139. The number of amides is 1. The van der Waals surface area contributed by atoms with Gasteiger partial charge in [-0.05, 0) is 18.9 Å². The molecule has 18 heavy (non-hydrogen) atoms. The molecule has 0 saturated heterocycles. The number of benzene rings is 1. The van der Waals surface area contributed by atoms with Crippen LogP contribution in [0.5, 0.6) is 0 Å². The lowest BCUT2D eigenvalue weighted by atomic mass is 9.81. The Balaban J connectivity index is 2.14. The van der Waals surface area contributed by atoms with E-state index in [9.17, 15) is 18.7 Å². The van der Waals surface area contributed by atoms with Crippen molar-refractivity contribution in [2.45, 2.75) is 31.3 Å². The third-order valence-electron chi connectivity index (χ3n) is 4.04. The fraction of sp³-hybridized carbons (Fsp3) is 0.462. The second-order valence-electron chi connectivity index (χ2n) is 4.99. The minimum absolute atomic E-state index is 0.165. The SMILES string of the molecule is O=C1Nc2c(ccc(F)c2F)C1(O)C1CCCC1. The van der Waals surface area contributed by atoms with Gasteiger partial charge in [0, 0.05) is 11.5 Å². The minimum atomic E-state index is -1.71. The maximum Gasteiger partial charge on any atom is 0.261 e. The van der Waals surface area contributed by atoms with E-state index in [1.54, 1.807) is 0 Å². The molecule has 96 valence electrons. The number of rotatable bonds is 1. The van der Waals surface area contributed by atoms with Gasteiger partial charge in [-0.25, -0.2) is 8.78 Å². The minimum Gasteiger partial charge on any atom is -0.375 e. The molecule has 1 heterocycles. The maximum absolute atomic E-state index is 13.6. The first-order valence-corrected chi connectivity index (χ1v) is 6.07. The normalized spacial score (nSPS) is 27.4. The van der Waals surface area contributed by atoms with E-state index in [0.29, 0.717) is 0 Å². The molecule has 0 bridgehead atoms. The molecule has 1 amide bonds. The van der Waals surface area contributed by atoms with Crippen LogP contribution in [-0.4, -0.2) is 11.0 Å². The fourth-order valence-electron chi connectivity index (χ4n) is 3.07. The highest BCUT2D eigenvalue weighted by molar-refractivity contribution is 6.05. The lowest BCUT2D eigenvalue weighted by Crippen LogP contribution is -2.40. The van der Waals surface area contributed by atoms with Crippen molar-refractivity contribution < 1.29 is 18.7 Å². The second-order valence-corrected chi connectivity index (χ2v) is 4.99. The summed E-state index contributed by atoms with van der Waals surface area (Å²) >= 11 is 0. The highest BCUT2D eigenvalue weighted by Crippen LogP contribution is 2.48. The monoisotopic (exact) mass is 253 g/mol. The van der Waals surface area contributed by atoms with Gasteiger partial charge in [-0.15, -0.1) is 0 Å². The molecule has 1 aromatic carbocycles. The Labute approximate surface area is 103 Å². The number of halogens is 2. The molecule has 1 atom stereocenters. The summed E-state index contributed by atoms with van der Waals surface area (Å²) in [6, 6.07) is 2.25. The van der Waals surface area contributed by atoms with Gasteiger partial charge in [0.25, 0.3) is 5.91 Å². The number of fused-ring (bicyclic) bond motifs is 1. The number of hydrogen-bond acceptors (Lipinski definition) is 2. The molecule has 1 fully saturated rings. The van der Waals surface area contributed by atoms with E-state index in [4.69, 9.17) is 0 Å². The molecule has 1 saturated carbocycles. The third-order valence-corrected chi connectivity index (χ3v) is 4.04. The Morgan fingerprint density at radius 2 is 1.94 bits per heavy atom. The molecule has 0 aromatic heterocycles. The fourth-order valence-corrected chi connectivity index (χ4v) is 3.07. The third kappa shape index (κ3) is 1.34. The Morgan fingerprint density at radius 1 is 1.28 bits per heavy atom. The topological polar surface area (TPSA) is 49.3 Å². The van der Waals surface area contributed by atoms with Crippen LogP contribution in [0.2, 0.25) is 0 Å². The van der Waals surface area contributed by atoms with Crippen LogP contribution in [0.25, 0.3) is 0 Å². The van der Waals surface area contributed by atoms with Gasteiger partial charge in [-0.2, -0.15) is 0 Å². The summed E-state index contributed by atoms with van der Waals surface area (Å²) in [7, 11) is 0. The van der Waals surface area contributed by atoms with Crippen LogP contribution >= 0.6 is 0 Å². The van der Waals surface area contributed by atoms with Crippen molar-refractivity contribution in [2.75, 3.05) is 5.32 Å². The zero-order valence-corrected chi connectivity index (χ0v) is 9.67. The van der Waals surface area contributed by atoms with Gasteiger partial charge >= 0.3 is 0 Å². The Hall–Kier alpha value is -1.49. The molecular weight excluding hydrogens is 240 g/mol. The van der Waals surface area contributed by atoms with Gasteiger partial charge in [-0.1, -0.05) is 18.9 Å². The highest BCUT2D eigenvalue weighted by Gasteiger charge is 2.52. The van der Waals surface area contributed by atoms with Crippen molar-refractivity contribution in [1.82, 2.24) is 0 Å². The quantitative estimate of drug-likeness (QED) is 0.806. The molecule has 3 rings (SSSR count). The lowest BCUT2D eigenvalue weighted by Gasteiger charge is -2.27. The molecular formula is C13H13F2NO2. The number of aliphatic hydroxyl groups is 1. The average Bonchev–Trinajstić information content (AvgIpc) is 2.94. The number of carbonyl (C=O) groups is 1. The van der Waals surface area contributed by atoms with Crippen molar-refractivity contribution in [1.29, 1.82) is 0 Å². The summed E-state index contributed by atoms with van der Waals surface area (Å²) in [5.74, 6) is -2.99. The van der Waals surface area contributed by atoms with E-state index in [2.05, 4.69) is 5.32 Å². The van der Waals surface area contributed by atoms with Crippen LogP contribution in [0.3, 0.4) is 0 Å². The molecule has 5 heteroatoms. The summed E-state index contributed by atoms with van der Waals surface area (Å²) in [5, 5.41) is 12.9. The molecule has 1 unspecified atom stereocenters. The smallest absolute Gasteiger partial charge is 0.261 e. The van der Waals surface area contributed by atoms with Crippen molar-refractivity contribution in [3.63, 3.8) is 0 Å². The van der Waals surface area contributed by atoms with Crippen LogP contribution < -0.4 is 5.32 Å². The Kier molecular flexibility index (Phi) is 2.41. The van der Waals surface area contributed by atoms with Gasteiger partial charge < -0.3 is 10.4 Å². The van der Waals surface area contributed by atoms with Crippen molar-refractivity contribution in [3.8, 4) is 0 Å². The zero-order valence-electron chi connectivity index (χ0n) is 9.67. The first-order chi connectivity index (χ1) is 8.55. The van der Waals surface area contributed by atoms with Gasteiger partial charge in [0.1, 0.15) is 0 Å². The molecule has 1 aliphatic carbocycles. The van der Waals surface area contributed by atoms with Crippen LogP contribution in [0, 0.1) is 17.6 Å². The molecule has 3 nitrogen and oxygen atoms in total. The van der Waals surface area contributed by atoms with E-state index in [1.165, 1.54) is 6.07 Å². The summed E-state index contributed by atoms with van der Waals surface area (Å²) in [6.07, 6.45) is 3.34. The predicted molar refractivity (Wildman–Crippen MR) is 60.8 cm³/mol. The summed E-state index contributed by atoms with van der Waals surface area (Å²) in [5.41, 5.74) is -1.76. The summed E-state index contributed by atoms with van der Waals surface area (Å²) in [6.45, 7) is 0. The first-order valence-electron chi connectivity index (χ1n) is 6.07. The van der Waals surface area contributed by atoms with E-state index in [1.807, 2.05) is 0 Å². The number of anilines is 1. The van der Waals surface area contributed by atoms with Crippen LogP contribution in [0.4, 0.5) is 14.5 Å². The molecule has 1 aromatic rings. The largest absolute Gasteiger partial charge is 0.375 e. The molecule has 2 aliphatic rings. The first kappa shape index (κ1) is 11.6. The van der Waals surface area contributed by atoms with Gasteiger partial charge in [-0.3, -0.25) is 4.79 Å². The number of nitrogens with one attached hydrogen (secondary N) is 1. The zero-order chi connectivity index (χ0) is 12.9. The Morgan fingerprint density at radius 3 is 2.61 bits per heavy atom. The average molecular weight is 253 g/mol. The summed E-state index contributed by atoms with van der Waals surface area (Å²) in [4.78, 5) is 12.0. The van der Waals surface area contributed by atoms with Crippen LogP contribution in [0.15, 0.2) is 12.1 Å². The van der Waals surface area contributed by atoms with Gasteiger partial charge in [0.05, 0.1) is 5.69 Å². The van der Waals surface area contributed by atoms with Crippen LogP contribution in [0.1, 0.15) is 31.2 Å². The maximum atomic E-state index is 13.6. The van der Waals surface area contributed by atoms with E-state index in [-0.39, 0.29) is 17.2 Å². The highest BCUT2D eigenvalue weighted by atomic mass is 19.2. The molecule has 2 N–H and O–H groups in total. The van der Waals surface area contributed by atoms with E-state index < -0.39 is 23.1 Å². The standard InChI is InChI=1S/C13H13F2NO2/c14-9-6-5-8-11(10(9)15)16-12(17)13(8,18)7-3-1-2-4-7/h5-7,18H,1-4H2,(H,16,17). The predicted octanol–water partition coefficient (Wildman–Crippen LogP) is 2.29. The van der Waals surface area contributed by atoms with Crippen molar-refractivity contribution >= 4 is 11.6 Å².